The maximum Gasteiger partial charge on any atom is 0.260 e. The van der Waals surface area contributed by atoms with E-state index in [0.717, 1.165) is 25.9 Å². The van der Waals surface area contributed by atoms with E-state index >= 15 is 0 Å². The number of rotatable bonds is 3. The minimum Gasteiger partial charge on any atom is -0.317 e. The maximum absolute atomic E-state index is 12.1. The van der Waals surface area contributed by atoms with Crippen LogP contribution >= 0.6 is 0 Å². The molecular weight excluding hydrogens is 240 g/mol. The normalized spacial score (nSPS) is 18.2. The lowest BCUT2D eigenvalue weighted by atomic mass is 10.1. The summed E-state index contributed by atoms with van der Waals surface area (Å²) in [4.78, 5) is 7.83. The van der Waals surface area contributed by atoms with Crippen molar-refractivity contribution in [3.05, 3.63) is 18.1 Å². The average Bonchev–Trinajstić information content (AvgIpc) is 2.30. The summed E-state index contributed by atoms with van der Waals surface area (Å²) in [6, 6.07) is -0.0114. The number of sulfonamides is 1. The third kappa shape index (κ3) is 2.99. The molecule has 17 heavy (non-hydrogen) atoms. The predicted octanol–water partition coefficient (Wildman–Crippen LogP) is -0.185. The summed E-state index contributed by atoms with van der Waals surface area (Å²) in [5.74, 6) is 0. The lowest BCUT2D eigenvalue weighted by molar-refractivity contribution is 0.426. The van der Waals surface area contributed by atoms with Gasteiger partial charge in [0.25, 0.3) is 10.0 Å². The van der Waals surface area contributed by atoms with Crippen LogP contribution in [-0.2, 0) is 10.0 Å². The minimum absolute atomic E-state index is 0.0114. The highest BCUT2D eigenvalue weighted by molar-refractivity contribution is 7.89. The molecule has 2 heterocycles. The van der Waals surface area contributed by atoms with E-state index in [0.29, 0.717) is 5.69 Å². The molecule has 0 aromatic carbocycles. The fraction of sp³-hybridized carbons (Fsp3) is 0.600. The zero-order valence-corrected chi connectivity index (χ0v) is 10.5. The van der Waals surface area contributed by atoms with Gasteiger partial charge in [0.2, 0.25) is 0 Å². The lowest BCUT2D eigenvalue weighted by Crippen LogP contribution is -2.43. The van der Waals surface area contributed by atoms with E-state index in [1.807, 2.05) is 0 Å². The summed E-state index contributed by atoms with van der Waals surface area (Å²) in [6.07, 6.45) is 4.49. The van der Waals surface area contributed by atoms with Crippen molar-refractivity contribution < 1.29 is 8.42 Å². The first kappa shape index (κ1) is 12.4. The number of hydrogen-bond acceptors (Lipinski definition) is 5. The number of aryl methyl sites for hydroxylation is 1. The standard InChI is InChI=1S/C10H16N4O2S/c1-8-10(13-7-6-12-8)17(15,16)14-9-2-4-11-5-3-9/h6-7,9,11,14H,2-5H2,1H3. The third-order valence-corrected chi connectivity index (χ3v) is 4.31. The van der Waals surface area contributed by atoms with Gasteiger partial charge in [0.15, 0.2) is 5.03 Å². The summed E-state index contributed by atoms with van der Waals surface area (Å²) in [5.41, 5.74) is 0.425. The second kappa shape index (κ2) is 5.07. The van der Waals surface area contributed by atoms with Gasteiger partial charge < -0.3 is 5.32 Å². The second-order valence-electron chi connectivity index (χ2n) is 4.09. The van der Waals surface area contributed by atoms with Crippen LogP contribution in [0.25, 0.3) is 0 Å². The van der Waals surface area contributed by atoms with Gasteiger partial charge >= 0.3 is 0 Å². The van der Waals surface area contributed by atoms with Crippen LogP contribution in [0.5, 0.6) is 0 Å². The third-order valence-electron chi connectivity index (χ3n) is 2.75. The molecule has 2 rings (SSSR count). The summed E-state index contributed by atoms with van der Waals surface area (Å²) >= 11 is 0. The first-order chi connectivity index (χ1) is 8.09. The zero-order chi connectivity index (χ0) is 12.3. The molecule has 1 fully saturated rings. The molecule has 6 nitrogen and oxygen atoms in total. The van der Waals surface area contributed by atoms with Crippen LogP contribution in [0.4, 0.5) is 0 Å². The van der Waals surface area contributed by atoms with Crippen LogP contribution in [0, 0.1) is 6.92 Å². The molecule has 0 atom stereocenters. The highest BCUT2D eigenvalue weighted by atomic mass is 32.2. The van der Waals surface area contributed by atoms with E-state index in [1.54, 1.807) is 6.92 Å². The molecule has 0 aliphatic carbocycles. The fourth-order valence-corrected chi connectivity index (χ4v) is 3.30. The number of aromatic nitrogens is 2. The van der Waals surface area contributed by atoms with Crippen LogP contribution in [0.15, 0.2) is 17.4 Å². The topological polar surface area (TPSA) is 84.0 Å². The van der Waals surface area contributed by atoms with Gasteiger partial charge in [-0.2, -0.15) is 0 Å². The monoisotopic (exact) mass is 256 g/mol. The van der Waals surface area contributed by atoms with Crippen molar-refractivity contribution in [1.29, 1.82) is 0 Å². The van der Waals surface area contributed by atoms with Gasteiger partial charge in [0.1, 0.15) is 0 Å². The van der Waals surface area contributed by atoms with E-state index in [-0.39, 0.29) is 11.1 Å². The SMILES string of the molecule is Cc1nccnc1S(=O)(=O)NC1CCNCC1. The molecular formula is C10H16N4O2S. The second-order valence-corrected chi connectivity index (χ2v) is 5.72. The van der Waals surface area contributed by atoms with Gasteiger partial charge in [-0.1, -0.05) is 0 Å². The molecule has 1 aromatic heterocycles. The van der Waals surface area contributed by atoms with Crippen molar-refractivity contribution >= 4 is 10.0 Å². The Hall–Kier alpha value is -1.05. The molecule has 94 valence electrons. The van der Waals surface area contributed by atoms with Crippen LogP contribution in [0.3, 0.4) is 0 Å². The Morgan fingerprint density at radius 3 is 2.59 bits per heavy atom. The van der Waals surface area contributed by atoms with E-state index in [2.05, 4.69) is 20.0 Å². The van der Waals surface area contributed by atoms with Crippen molar-refractivity contribution in [2.24, 2.45) is 0 Å². The molecule has 1 aliphatic heterocycles. The first-order valence-electron chi connectivity index (χ1n) is 5.60. The van der Waals surface area contributed by atoms with Crippen molar-refractivity contribution in [1.82, 2.24) is 20.0 Å². The molecule has 2 N–H and O–H groups in total. The van der Waals surface area contributed by atoms with Crippen LogP contribution in [0.2, 0.25) is 0 Å². The first-order valence-corrected chi connectivity index (χ1v) is 7.08. The molecule has 1 aliphatic rings. The number of hydrogen-bond donors (Lipinski definition) is 2. The van der Waals surface area contributed by atoms with Crippen molar-refractivity contribution in [2.75, 3.05) is 13.1 Å². The molecule has 1 saturated heterocycles. The Labute approximate surface area is 101 Å². The molecule has 1 aromatic rings. The maximum atomic E-state index is 12.1. The molecule has 0 bridgehead atoms. The van der Waals surface area contributed by atoms with E-state index in [1.165, 1.54) is 12.4 Å². The highest BCUT2D eigenvalue weighted by Gasteiger charge is 2.24. The molecule has 0 radical (unpaired) electrons. The number of nitrogens with zero attached hydrogens (tertiary/aromatic N) is 2. The van der Waals surface area contributed by atoms with Crippen molar-refractivity contribution in [3.63, 3.8) is 0 Å². The predicted molar refractivity (Wildman–Crippen MR) is 63.0 cm³/mol. The van der Waals surface area contributed by atoms with E-state index < -0.39 is 10.0 Å². The van der Waals surface area contributed by atoms with Gasteiger partial charge in [-0.15, -0.1) is 0 Å². The summed E-state index contributed by atoms with van der Waals surface area (Å²) < 4.78 is 26.9. The van der Waals surface area contributed by atoms with Gasteiger partial charge in [0.05, 0.1) is 5.69 Å². The molecule has 0 unspecified atom stereocenters. The quantitative estimate of drug-likeness (QED) is 0.783. The lowest BCUT2D eigenvalue weighted by Gasteiger charge is -2.23. The van der Waals surface area contributed by atoms with Gasteiger partial charge in [0, 0.05) is 18.4 Å². The zero-order valence-electron chi connectivity index (χ0n) is 9.68. The molecule has 7 heteroatoms. The largest absolute Gasteiger partial charge is 0.317 e. The summed E-state index contributed by atoms with van der Waals surface area (Å²) in [5, 5.41) is 3.22. The van der Waals surface area contributed by atoms with Crippen molar-refractivity contribution in [3.8, 4) is 0 Å². The molecule has 0 spiro atoms. The smallest absolute Gasteiger partial charge is 0.260 e. The van der Waals surface area contributed by atoms with E-state index in [9.17, 15) is 8.42 Å². The minimum atomic E-state index is -3.54. The van der Waals surface area contributed by atoms with Crippen LogP contribution in [0.1, 0.15) is 18.5 Å². The summed E-state index contributed by atoms with van der Waals surface area (Å²) in [6.45, 7) is 3.32. The van der Waals surface area contributed by atoms with Crippen LogP contribution < -0.4 is 10.0 Å². The van der Waals surface area contributed by atoms with Gasteiger partial charge in [-0.25, -0.2) is 18.1 Å². The Kier molecular flexibility index (Phi) is 3.70. The van der Waals surface area contributed by atoms with E-state index in [4.69, 9.17) is 0 Å². The number of nitrogens with one attached hydrogen (secondary N) is 2. The Balaban J connectivity index is 2.16. The molecule has 0 saturated carbocycles. The molecule has 0 amide bonds. The van der Waals surface area contributed by atoms with Crippen LogP contribution in [-0.4, -0.2) is 37.5 Å². The number of piperidine rings is 1. The Morgan fingerprint density at radius 1 is 1.29 bits per heavy atom. The average molecular weight is 256 g/mol. The fourth-order valence-electron chi connectivity index (χ4n) is 1.87. The summed E-state index contributed by atoms with van der Waals surface area (Å²) in [7, 11) is -3.54. The Morgan fingerprint density at radius 2 is 1.94 bits per heavy atom. The van der Waals surface area contributed by atoms with Gasteiger partial charge in [-0.3, -0.25) is 4.98 Å². The highest BCUT2D eigenvalue weighted by Crippen LogP contribution is 2.11. The Bertz CT molecular complexity index is 483. The van der Waals surface area contributed by atoms with Crippen molar-refractivity contribution in [2.45, 2.75) is 30.8 Å². The van der Waals surface area contributed by atoms with Gasteiger partial charge in [-0.05, 0) is 32.9 Å².